The smallest absolute Gasteiger partial charge is 0.366 e. The summed E-state index contributed by atoms with van der Waals surface area (Å²) in [5.74, 6) is 12.4. The molecule has 0 nitrogen and oxygen atoms in total. The summed E-state index contributed by atoms with van der Waals surface area (Å²) in [5, 5.41) is 11.8. The van der Waals surface area contributed by atoms with Crippen molar-refractivity contribution in [2.45, 2.75) is 25.7 Å². The van der Waals surface area contributed by atoms with E-state index in [0.29, 0.717) is 0 Å². The van der Waals surface area contributed by atoms with Crippen LogP contribution in [0.25, 0.3) is 44.5 Å². The van der Waals surface area contributed by atoms with Gasteiger partial charge in [-0.15, -0.1) is 59.5 Å². The molecule has 0 atom stereocenters. The molecule has 117 heavy (non-hydrogen) atoms. The van der Waals surface area contributed by atoms with Crippen molar-refractivity contribution in [1.82, 2.24) is 0 Å². The molecule has 574 valence electrons. The second-order valence-electron chi connectivity index (χ2n) is 28.3. The van der Waals surface area contributed by atoms with Gasteiger partial charge in [0.2, 0.25) is 0 Å². The molecule has 0 unspecified atom stereocenters. The number of terminal acetylenes is 1. The third kappa shape index (κ3) is 21.5. The van der Waals surface area contributed by atoms with Crippen molar-refractivity contribution in [3.8, 4) is 74.6 Å². The second-order valence-corrected chi connectivity index (χ2v) is 38.8. The van der Waals surface area contributed by atoms with E-state index in [1.165, 1.54) is 143 Å². The van der Waals surface area contributed by atoms with E-state index in [-0.39, 0.29) is 67.1 Å². The molecule has 0 radical (unpaired) electrons. The first-order valence-electron chi connectivity index (χ1n) is 38.6. The quantitative estimate of drug-likeness (QED) is 0.0495. The Morgan fingerprint density at radius 1 is 0.231 bits per heavy atom. The average Bonchev–Trinajstić information content (AvgIpc) is 1.59. The maximum atomic E-state index is 7.12. The first-order valence-corrected chi connectivity index (χ1v) is 45.1. The minimum Gasteiger partial charge on any atom is -0.366 e. The predicted molar refractivity (Wildman–Crippen MR) is 494 cm³/mol. The molecule has 0 bridgehead atoms. The molecule has 20 rings (SSSR count). The fraction of sp³-hybridized carbons (Fsp3) is 0.0545. The van der Waals surface area contributed by atoms with Crippen LogP contribution in [0.4, 0.5) is 0 Å². The fourth-order valence-corrected chi connectivity index (χ4v) is 29.8. The van der Waals surface area contributed by atoms with Crippen molar-refractivity contribution in [2.24, 2.45) is 0 Å². The molecule has 0 fully saturated rings. The van der Waals surface area contributed by atoms with Crippen molar-refractivity contribution in [1.29, 1.82) is 0 Å². The molecular weight excluding hydrogens is 2040 g/mol. The van der Waals surface area contributed by atoms with Crippen LogP contribution in [0.3, 0.4) is 0 Å². The van der Waals surface area contributed by atoms with Gasteiger partial charge in [-0.3, -0.25) is 17.8 Å². The average molecular weight is 2120 g/mol. The van der Waals surface area contributed by atoms with Crippen LogP contribution in [0.15, 0.2) is 413 Å². The van der Waals surface area contributed by atoms with Crippen molar-refractivity contribution < 1.29 is 67.1 Å². The number of hydrogen-bond acceptors (Lipinski definition) is 0. The van der Waals surface area contributed by atoms with Crippen molar-refractivity contribution in [3.05, 3.63) is 499 Å². The van der Waals surface area contributed by atoms with Gasteiger partial charge < -0.3 is 19.3 Å². The first kappa shape index (κ1) is 86.1. The Balaban J connectivity index is 0.000000131. The van der Waals surface area contributed by atoms with Gasteiger partial charge in [0.05, 0.1) is 0 Å². The van der Waals surface area contributed by atoms with Gasteiger partial charge in [-0.25, -0.2) is 0 Å². The van der Waals surface area contributed by atoms with E-state index in [2.05, 4.69) is 412 Å². The Hall–Kier alpha value is -10.3. The van der Waals surface area contributed by atoms with E-state index in [1.807, 2.05) is 24.3 Å². The Bertz CT molecular complexity index is 5200. The van der Waals surface area contributed by atoms with Crippen molar-refractivity contribution in [2.75, 3.05) is 11.8 Å². The van der Waals surface area contributed by atoms with Crippen LogP contribution in [0.5, 0.6) is 0 Å². The summed E-state index contributed by atoms with van der Waals surface area (Å²) in [6, 6.07) is 147. The van der Waals surface area contributed by atoms with Gasteiger partial charge in [0.25, 0.3) is 0 Å². The fourth-order valence-electron chi connectivity index (χ4n) is 15.6. The minimum absolute atomic E-state index is 0. The second kappa shape index (κ2) is 43.2. The summed E-state index contributed by atoms with van der Waals surface area (Å²) in [6.07, 6.45) is 30.7. The van der Waals surface area contributed by atoms with Gasteiger partial charge in [0.15, 0.2) is 5.90 Å². The van der Waals surface area contributed by atoms with Crippen LogP contribution < -0.4 is 42.4 Å². The monoisotopic (exact) mass is 2120 g/mol. The van der Waals surface area contributed by atoms with Gasteiger partial charge in [0.1, 0.15) is 37.1 Å². The van der Waals surface area contributed by atoms with E-state index in [4.69, 9.17) is 25.7 Å². The van der Waals surface area contributed by atoms with Crippen LogP contribution in [0.2, 0.25) is 0 Å². The standard InChI is InChI=1S/2C25H22P2.C15H10.3C15H9.3Au/c2*1-5-13-22(14-6-1)26(23-15-7-2-8-16-23)21-27(24-17-9-3-10-18-24)25-19-11-4-12-20-25;4*1-2-11-7-8-15-13(9-11)10-12-5-3-4-6-14(12)15;;;/h2*1-20H,21H2;1,3-9H,10H2;3*3-9H,10H2;;;/q;;;3*-1;3*+1/p+2. The molecule has 0 amide bonds. The topological polar surface area (TPSA) is 0 Å². The third-order valence-electron chi connectivity index (χ3n) is 21.2. The minimum atomic E-state index is -0.847. The summed E-state index contributed by atoms with van der Waals surface area (Å²) in [5.41, 5.74) is 25.0. The molecule has 0 heterocycles. The zero-order chi connectivity index (χ0) is 77.6. The first-order chi connectivity index (χ1) is 56.4. The van der Waals surface area contributed by atoms with Gasteiger partial charge >= 0.3 is 67.1 Å². The molecule has 4 aliphatic carbocycles. The number of benzene rings is 16. The van der Waals surface area contributed by atoms with E-state index in [9.17, 15) is 0 Å². The van der Waals surface area contributed by atoms with Crippen LogP contribution in [0.1, 0.15) is 66.8 Å². The summed E-state index contributed by atoms with van der Waals surface area (Å²) >= 11 is 0. The molecule has 0 aromatic heterocycles. The van der Waals surface area contributed by atoms with Crippen LogP contribution in [0, 0.1) is 49.4 Å². The summed E-state index contributed by atoms with van der Waals surface area (Å²) < 4.78 is 0. The van der Waals surface area contributed by atoms with Gasteiger partial charge in [0, 0.05) is 11.5 Å². The van der Waals surface area contributed by atoms with Gasteiger partial charge in [-0.2, -0.15) is 0 Å². The normalized spacial score (nSPS) is 11.1. The molecule has 0 N–H and O–H groups in total. The zero-order valence-electron chi connectivity index (χ0n) is 64.4. The van der Waals surface area contributed by atoms with E-state index < -0.39 is 31.7 Å². The summed E-state index contributed by atoms with van der Waals surface area (Å²) in [7, 11) is -2.51. The molecule has 0 saturated heterocycles. The number of hydrogen-bond donors (Lipinski definition) is 0. The molecule has 0 saturated carbocycles. The molecular formula is C110H83Au3P4+2. The molecule has 16 aromatic carbocycles. The van der Waals surface area contributed by atoms with Crippen molar-refractivity contribution >= 4 is 74.1 Å². The van der Waals surface area contributed by atoms with Gasteiger partial charge in [-0.05, 0) is 196 Å². The van der Waals surface area contributed by atoms with E-state index in [0.717, 1.165) is 47.9 Å². The molecule has 16 aromatic rings. The van der Waals surface area contributed by atoms with Crippen LogP contribution >= 0.6 is 31.7 Å². The maximum Gasteiger partial charge on any atom is 1.00 e. The largest absolute Gasteiger partial charge is 1.00 e. The SMILES string of the molecule is C#Cc1ccc2c(c1)Cc1ccccc1-2.[Au+].[Au+].[Au+].[C-]#Cc1ccc2c(c1)Cc1ccccc1-2.[C-]#Cc1ccc2c(c1)Cc1ccccc1-2.[C-]#Cc1ccc2c(c1)Cc1ccccc1-2.c1ccc(P(CP(c2ccccc2)c2ccccc2)c2ccccc2)cc1.c1ccc([PH+](C[PH+](c2ccccc2)c2ccccc2)c2ccccc2)cc1. The Morgan fingerprint density at radius 3 is 0.658 bits per heavy atom. The molecule has 7 heteroatoms. The van der Waals surface area contributed by atoms with E-state index >= 15 is 0 Å². The summed E-state index contributed by atoms with van der Waals surface area (Å²) in [4.78, 5) is 0. The zero-order valence-corrected chi connectivity index (χ0v) is 74.7. The van der Waals surface area contributed by atoms with Crippen LogP contribution in [-0.4, -0.2) is 11.8 Å². The Labute approximate surface area is 744 Å². The number of fused-ring (bicyclic) bond motifs is 12. The van der Waals surface area contributed by atoms with E-state index in [1.54, 1.807) is 0 Å². The molecule has 0 aliphatic heterocycles. The third-order valence-corrected chi connectivity index (χ3v) is 34.1. The van der Waals surface area contributed by atoms with Crippen LogP contribution in [-0.2, 0) is 92.8 Å². The van der Waals surface area contributed by atoms with Gasteiger partial charge in [-0.1, -0.05) is 338 Å². The maximum absolute atomic E-state index is 7.12. The predicted octanol–water partition coefficient (Wildman–Crippen LogP) is 22.7. The molecule has 4 aliphatic rings. The summed E-state index contributed by atoms with van der Waals surface area (Å²) in [6.45, 7) is 0. The Kier molecular flexibility index (Phi) is 31.8. The van der Waals surface area contributed by atoms with Crippen molar-refractivity contribution in [3.63, 3.8) is 0 Å². The molecule has 0 spiro atoms. The Morgan fingerprint density at radius 2 is 0.427 bits per heavy atom. The number of rotatable bonds is 12.